The van der Waals surface area contributed by atoms with Gasteiger partial charge in [0.1, 0.15) is 6.61 Å². The van der Waals surface area contributed by atoms with E-state index in [9.17, 15) is 0 Å². The molecule has 0 aliphatic carbocycles. The van der Waals surface area contributed by atoms with Gasteiger partial charge in [0.25, 0.3) is 0 Å². The van der Waals surface area contributed by atoms with Gasteiger partial charge in [-0.15, -0.1) is 0 Å². The average Bonchev–Trinajstić information content (AvgIpc) is 2.37. The highest BCUT2D eigenvalue weighted by molar-refractivity contribution is 5.59. The van der Waals surface area contributed by atoms with Crippen molar-refractivity contribution in [3.05, 3.63) is 29.3 Å². The summed E-state index contributed by atoms with van der Waals surface area (Å²) in [4.78, 5) is 2.36. The van der Waals surface area contributed by atoms with Crippen LogP contribution in [-0.4, -0.2) is 24.8 Å². The molecule has 104 valence electrons. The number of hydrogen-bond acceptors (Lipinski definition) is 2. The quantitative estimate of drug-likeness (QED) is 0.843. The van der Waals surface area contributed by atoms with E-state index in [0.29, 0.717) is 0 Å². The Labute approximate surface area is 117 Å². The molecule has 1 rings (SSSR count). The minimum absolute atomic E-state index is 0.0782. The van der Waals surface area contributed by atoms with E-state index in [4.69, 9.17) is 5.11 Å². The summed E-state index contributed by atoms with van der Waals surface area (Å²) in [5.41, 5.74) is 3.64. The zero-order chi connectivity index (χ0) is 14.5. The second-order valence-corrected chi connectivity index (χ2v) is 5.61. The molecule has 1 aromatic rings. The van der Waals surface area contributed by atoms with Crippen molar-refractivity contribution in [2.45, 2.75) is 40.0 Å². The van der Waals surface area contributed by atoms with E-state index in [2.05, 4.69) is 63.5 Å². The number of hydrogen-bond donors (Lipinski definition) is 1. The van der Waals surface area contributed by atoms with Gasteiger partial charge in [0.15, 0.2) is 0 Å². The molecule has 0 atom stereocenters. The molecule has 0 bridgehead atoms. The van der Waals surface area contributed by atoms with Gasteiger partial charge < -0.3 is 10.0 Å². The summed E-state index contributed by atoms with van der Waals surface area (Å²) in [6.07, 6.45) is 0. The summed E-state index contributed by atoms with van der Waals surface area (Å²) in [6.45, 7) is 12.9. The van der Waals surface area contributed by atoms with Crippen LogP contribution in [0.25, 0.3) is 0 Å². The van der Waals surface area contributed by atoms with Crippen LogP contribution in [-0.2, 0) is 5.41 Å². The van der Waals surface area contributed by atoms with E-state index in [1.165, 1.54) is 11.3 Å². The summed E-state index contributed by atoms with van der Waals surface area (Å²) >= 11 is 0. The standard InChI is InChI=1S/C17H25NO/c1-6-18(7-2)16-11-10-14(9-8-12-19)13-15(16)17(3,4)5/h10-11,13,19H,6-7,12H2,1-5H3. The molecule has 0 aliphatic rings. The normalized spacial score (nSPS) is 10.8. The summed E-state index contributed by atoms with van der Waals surface area (Å²) in [7, 11) is 0. The lowest BCUT2D eigenvalue weighted by molar-refractivity contribution is 0.350. The summed E-state index contributed by atoms with van der Waals surface area (Å²) in [6, 6.07) is 6.33. The highest BCUT2D eigenvalue weighted by atomic mass is 16.2. The third-order valence-electron chi connectivity index (χ3n) is 3.22. The monoisotopic (exact) mass is 259 g/mol. The minimum atomic E-state index is -0.0946. The first-order valence-corrected chi connectivity index (χ1v) is 6.93. The minimum Gasteiger partial charge on any atom is -0.384 e. The molecule has 0 fully saturated rings. The van der Waals surface area contributed by atoms with Gasteiger partial charge in [-0.2, -0.15) is 0 Å². The van der Waals surface area contributed by atoms with Crippen molar-refractivity contribution in [1.29, 1.82) is 0 Å². The fourth-order valence-electron chi connectivity index (χ4n) is 2.20. The van der Waals surface area contributed by atoms with Crippen LogP contribution in [0.3, 0.4) is 0 Å². The van der Waals surface area contributed by atoms with Crippen LogP contribution in [0.1, 0.15) is 45.7 Å². The summed E-state index contributed by atoms with van der Waals surface area (Å²) in [5, 5.41) is 8.79. The van der Waals surface area contributed by atoms with Crippen molar-refractivity contribution >= 4 is 5.69 Å². The Balaban J connectivity index is 3.32. The van der Waals surface area contributed by atoms with Gasteiger partial charge in [-0.1, -0.05) is 32.6 Å². The lowest BCUT2D eigenvalue weighted by Crippen LogP contribution is -2.26. The van der Waals surface area contributed by atoms with E-state index < -0.39 is 0 Å². The SMILES string of the molecule is CCN(CC)c1ccc(C#CCO)cc1C(C)(C)C. The van der Waals surface area contributed by atoms with Crippen molar-refractivity contribution < 1.29 is 5.11 Å². The van der Waals surface area contributed by atoms with Crippen LogP contribution >= 0.6 is 0 Å². The van der Waals surface area contributed by atoms with Gasteiger partial charge in [-0.05, 0) is 43.0 Å². The molecule has 0 amide bonds. The van der Waals surface area contributed by atoms with Crippen molar-refractivity contribution in [3.8, 4) is 11.8 Å². The Bertz CT molecular complexity index is 470. The number of rotatable bonds is 3. The maximum atomic E-state index is 8.79. The molecule has 0 saturated carbocycles. The molecule has 0 heterocycles. The first-order chi connectivity index (χ1) is 8.93. The van der Waals surface area contributed by atoms with Crippen LogP contribution in [0.15, 0.2) is 18.2 Å². The van der Waals surface area contributed by atoms with E-state index in [0.717, 1.165) is 18.7 Å². The molecule has 0 aliphatic heterocycles. The third-order valence-corrected chi connectivity index (χ3v) is 3.22. The largest absolute Gasteiger partial charge is 0.384 e. The van der Waals surface area contributed by atoms with Crippen LogP contribution < -0.4 is 4.90 Å². The Morgan fingerprint density at radius 3 is 2.26 bits per heavy atom. The van der Waals surface area contributed by atoms with Crippen LogP contribution in [0.5, 0.6) is 0 Å². The fraction of sp³-hybridized carbons (Fsp3) is 0.529. The number of anilines is 1. The van der Waals surface area contributed by atoms with Gasteiger partial charge in [-0.25, -0.2) is 0 Å². The van der Waals surface area contributed by atoms with Crippen LogP contribution in [0.4, 0.5) is 5.69 Å². The Hall–Kier alpha value is -1.46. The highest BCUT2D eigenvalue weighted by Gasteiger charge is 2.20. The molecular formula is C17H25NO. The molecular weight excluding hydrogens is 234 g/mol. The summed E-state index contributed by atoms with van der Waals surface area (Å²) < 4.78 is 0. The lowest BCUT2D eigenvalue weighted by Gasteiger charge is -2.30. The predicted octanol–water partition coefficient (Wildman–Crippen LogP) is 3.17. The van der Waals surface area contributed by atoms with E-state index in [1.807, 2.05) is 6.07 Å². The number of benzene rings is 1. The van der Waals surface area contributed by atoms with Crippen molar-refractivity contribution in [1.82, 2.24) is 0 Å². The number of aliphatic hydroxyl groups is 1. The average molecular weight is 259 g/mol. The van der Waals surface area contributed by atoms with Gasteiger partial charge in [0.2, 0.25) is 0 Å². The second kappa shape index (κ2) is 6.63. The molecule has 2 heteroatoms. The predicted molar refractivity (Wildman–Crippen MR) is 82.7 cm³/mol. The van der Waals surface area contributed by atoms with Crippen LogP contribution in [0.2, 0.25) is 0 Å². The fourth-order valence-corrected chi connectivity index (χ4v) is 2.20. The third kappa shape index (κ3) is 4.01. The smallest absolute Gasteiger partial charge is 0.104 e. The zero-order valence-electron chi connectivity index (χ0n) is 12.7. The number of nitrogens with zero attached hydrogens (tertiary/aromatic N) is 1. The highest BCUT2D eigenvalue weighted by Crippen LogP contribution is 2.32. The first kappa shape index (κ1) is 15.6. The molecule has 0 unspecified atom stereocenters. The Morgan fingerprint density at radius 2 is 1.79 bits per heavy atom. The number of aliphatic hydroxyl groups excluding tert-OH is 1. The van der Waals surface area contributed by atoms with Crippen molar-refractivity contribution in [3.63, 3.8) is 0 Å². The van der Waals surface area contributed by atoms with Crippen molar-refractivity contribution in [2.75, 3.05) is 24.6 Å². The molecule has 0 radical (unpaired) electrons. The maximum absolute atomic E-state index is 8.79. The van der Waals surface area contributed by atoms with E-state index in [-0.39, 0.29) is 12.0 Å². The molecule has 2 nitrogen and oxygen atoms in total. The van der Waals surface area contributed by atoms with Gasteiger partial charge in [0, 0.05) is 24.3 Å². The molecule has 0 aromatic heterocycles. The summed E-state index contributed by atoms with van der Waals surface area (Å²) in [5.74, 6) is 5.70. The maximum Gasteiger partial charge on any atom is 0.104 e. The van der Waals surface area contributed by atoms with E-state index in [1.54, 1.807) is 0 Å². The zero-order valence-corrected chi connectivity index (χ0v) is 12.7. The lowest BCUT2D eigenvalue weighted by atomic mass is 9.84. The van der Waals surface area contributed by atoms with Gasteiger partial charge in [0.05, 0.1) is 0 Å². The van der Waals surface area contributed by atoms with Gasteiger partial charge >= 0.3 is 0 Å². The molecule has 1 N–H and O–H groups in total. The topological polar surface area (TPSA) is 23.5 Å². The van der Waals surface area contributed by atoms with Crippen LogP contribution in [0, 0.1) is 11.8 Å². The molecule has 0 saturated heterocycles. The van der Waals surface area contributed by atoms with Crippen molar-refractivity contribution in [2.24, 2.45) is 0 Å². The van der Waals surface area contributed by atoms with Gasteiger partial charge in [-0.3, -0.25) is 0 Å². The Kier molecular flexibility index (Phi) is 5.44. The first-order valence-electron chi connectivity index (χ1n) is 6.93. The Morgan fingerprint density at radius 1 is 1.16 bits per heavy atom. The molecule has 0 spiro atoms. The molecule has 1 aromatic carbocycles. The van der Waals surface area contributed by atoms with E-state index >= 15 is 0 Å². The molecule has 19 heavy (non-hydrogen) atoms. The second-order valence-electron chi connectivity index (χ2n) is 5.61.